The highest BCUT2D eigenvalue weighted by molar-refractivity contribution is 7.89. The Kier molecular flexibility index (Phi) is 4.98. The van der Waals surface area contributed by atoms with Gasteiger partial charge in [-0.15, -0.1) is 0 Å². The van der Waals surface area contributed by atoms with Crippen molar-refractivity contribution < 1.29 is 22.7 Å². The van der Waals surface area contributed by atoms with E-state index in [1.54, 1.807) is 36.3 Å². The Morgan fingerprint density at radius 2 is 1.97 bits per heavy atom. The number of ether oxygens (including phenoxy) is 2. The van der Waals surface area contributed by atoms with E-state index in [1.807, 2.05) is 26.0 Å². The molecule has 3 aliphatic rings. The fraction of sp³-hybridized carbons (Fsp3) is 0.458. The molecule has 2 aromatic rings. The van der Waals surface area contributed by atoms with Crippen LogP contribution in [0.1, 0.15) is 50.3 Å². The molecule has 1 N–H and O–H groups in total. The predicted octanol–water partition coefficient (Wildman–Crippen LogP) is 3.58. The van der Waals surface area contributed by atoms with Gasteiger partial charge in [-0.1, -0.05) is 0 Å². The molecule has 0 saturated heterocycles. The van der Waals surface area contributed by atoms with Crippen LogP contribution >= 0.6 is 0 Å². The zero-order valence-electron chi connectivity index (χ0n) is 18.6. The monoisotopic (exact) mass is 456 g/mol. The van der Waals surface area contributed by atoms with Gasteiger partial charge in [0.15, 0.2) is 0 Å². The molecule has 2 aliphatic heterocycles. The number of sulfonamides is 1. The van der Waals surface area contributed by atoms with Crippen LogP contribution in [0.25, 0.3) is 0 Å². The van der Waals surface area contributed by atoms with E-state index in [1.165, 1.54) is 0 Å². The molecule has 8 heteroatoms. The number of hydrogen-bond donors (Lipinski definition) is 1. The second kappa shape index (κ2) is 7.49. The Bertz CT molecular complexity index is 1190. The Balaban J connectivity index is 1.43. The van der Waals surface area contributed by atoms with E-state index in [4.69, 9.17) is 9.47 Å². The van der Waals surface area contributed by atoms with Gasteiger partial charge >= 0.3 is 0 Å². The van der Waals surface area contributed by atoms with Crippen molar-refractivity contribution in [2.45, 2.75) is 56.1 Å². The van der Waals surface area contributed by atoms with Crippen molar-refractivity contribution in [1.29, 1.82) is 0 Å². The number of methoxy groups -OCH3 is 1. The first-order valence-corrected chi connectivity index (χ1v) is 12.5. The van der Waals surface area contributed by atoms with Crippen molar-refractivity contribution in [2.75, 3.05) is 18.6 Å². The summed E-state index contributed by atoms with van der Waals surface area (Å²) in [7, 11) is -2.21. The number of amides is 1. The second-order valence-corrected chi connectivity index (χ2v) is 11.2. The third-order valence-corrected chi connectivity index (χ3v) is 7.89. The molecule has 1 fully saturated rings. The van der Waals surface area contributed by atoms with Crippen LogP contribution in [0.4, 0.5) is 5.69 Å². The predicted molar refractivity (Wildman–Crippen MR) is 121 cm³/mol. The molecule has 5 rings (SSSR count). The molecule has 0 bridgehead atoms. The summed E-state index contributed by atoms with van der Waals surface area (Å²) in [6.45, 7) is 4.51. The number of fused-ring (bicyclic) bond motifs is 2. The Hall–Kier alpha value is -2.58. The minimum atomic E-state index is -3.79. The highest BCUT2D eigenvalue weighted by Gasteiger charge is 2.38. The van der Waals surface area contributed by atoms with Crippen LogP contribution in [-0.4, -0.2) is 33.6 Å². The van der Waals surface area contributed by atoms with Crippen molar-refractivity contribution in [1.82, 2.24) is 4.72 Å². The number of nitrogens with zero attached hydrogens (tertiary/aromatic N) is 1. The molecule has 0 aromatic heterocycles. The van der Waals surface area contributed by atoms with Gasteiger partial charge in [-0.05, 0) is 75.1 Å². The standard InChI is InChI=1S/C24H28N2O5S/c1-24(2)14-20(19-13-17(30-3)6-9-22(19)31-24)25-32(28,29)18-7-8-21-16(12-18)10-11-26(21)23(27)15-4-5-15/h6-9,12-13,15,20,25H,4-5,10-11,14H2,1-3H3/t20-/m0/s1. The van der Waals surface area contributed by atoms with Crippen LogP contribution in [0.3, 0.4) is 0 Å². The molecule has 7 nitrogen and oxygen atoms in total. The summed E-state index contributed by atoms with van der Waals surface area (Å²) in [5.41, 5.74) is 1.98. The largest absolute Gasteiger partial charge is 0.497 e. The van der Waals surface area contributed by atoms with Gasteiger partial charge in [0.1, 0.15) is 17.1 Å². The van der Waals surface area contributed by atoms with E-state index < -0.39 is 21.7 Å². The van der Waals surface area contributed by atoms with Crippen molar-refractivity contribution >= 4 is 21.6 Å². The van der Waals surface area contributed by atoms with E-state index in [0.717, 1.165) is 29.7 Å². The molecule has 1 atom stereocenters. The number of carbonyl (C=O) groups excluding carboxylic acids is 1. The molecular formula is C24H28N2O5S. The van der Waals surface area contributed by atoms with Gasteiger partial charge in [0.2, 0.25) is 15.9 Å². The number of anilines is 1. The first kappa shape index (κ1) is 21.3. The molecular weight excluding hydrogens is 428 g/mol. The fourth-order valence-electron chi connectivity index (χ4n) is 4.65. The lowest BCUT2D eigenvalue weighted by atomic mass is 9.90. The molecule has 2 aromatic carbocycles. The summed E-state index contributed by atoms with van der Waals surface area (Å²) in [6.07, 6.45) is 3.06. The fourth-order valence-corrected chi connectivity index (χ4v) is 5.91. The number of benzene rings is 2. The molecule has 1 amide bonds. The molecule has 170 valence electrons. The van der Waals surface area contributed by atoms with Gasteiger partial charge in [0.25, 0.3) is 0 Å². The van der Waals surface area contributed by atoms with Crippen molar-refractivity contribution in [3.8, 4) is 11.5 Å². The molecule has 1 aliphatic carbocycles. The minimum Gasteiger partial charge on any atom is -0.497 e. The topological polar surface area (TPSA) is 84.9 Å². The number of rotatable bonds is 5. The molecule has 0 radical (unpaired) electrons. The maximum atomic E-state index is 13.3. The summed E-state index contributed by atoms with van der Waals surface area (Å²) in [5.74, 6) is 1.60. The average Bonchev–Trinajstić information content (AvgIpc) is 3.51. The van der Waals surface area contributed by atoms with Crippen molar-refractivity contribution in [3.05, 3.63) is 47.5 Å². The number of nitrogens with one attached hydrogen (secondary N) is 1. The van der Waals surface area contributed by atoms with Crippen LogP contribution in [0.5, 0.6) is 11.5 Å². The zero-order chi connectivity index (χ0) is 22.7. The first-order valence-electron chi connectivity index (χ1n) is 11.0. The summed E-state index contributed by atoms with van der Waals surface area (Å²) in [4.78, 5) is 14.5. The third kappa shape index (κ3) is 3.86. The van der Waals surface area contributed by atoms with E-state index in [2.05, 4.69) is 4.72 Å². The number of carbonyl (C=O) groups is 1. The lowest BCUT2D eigenvalue weighted by Gasteiger charge is -2.37. The van der Waals surface area contributed by atoms with Crippen LogP contribution in [0.2, 0.25) is 0 Å². The average molecular weight is 457 g/mol. The summed E-state index contributed by atoms with van der Waals surface area (Å²) >= 11 is 0. The van der Waals surface area contributed by atoms with Gasteiger partial charge in [0.05, 0.1) is 18.0 Å². The lowest BCUT2D eigenvalue weighted by Crippen LogP contribution is -2.41. The van der Waals surface area contributed by atoms with Crippen LogP contribution in [-0.2, 0) is 21.2 Å². The summed E-state index contributed by atoms with van der Waals surface area (Å²) in [6, 6.07) is 10.1. The summed E-state index contributed by atoms with van der Waals surface area (Å²) in [5, 5.41) is 0. The SMILES string of the molecule is COc1ccc2c(c1)[C@@H](NS(=O)(=O)c1ccc3c(c1)CCN3C(=O)C1CC1)CC(C)(C)O2. The second-order valence-electron chi connectivity index (χ2n) is 9.45. The Morgan fingerprint density at radius 3 is 2.69 bits per heavy atom. The van der Waals surface area contributed by atoms with Crippen molar-refractivity contribution in [2.24, 2.45) is 5.92 Å². The van der Waals surface area contributed by atoms with Crippen LogP contribution in [0, 0.1) is 5.92 Å². The third-order valence-electron chi connectivity index (χ3n) is 6.42. The van der Waals surface area contributed by atoms with Gasteiger partial charge < -0.3 is 14.4 Å². The highest BCUT2D eigenvalue weighted by Crippen LogP contribution is 2.42. The van der Waals surface area contributed by atoms with E-state index in [9.17, 15) is 13.2 Å². The smallest absolute Gasteiger partial charge is 0.241 e. The number of hydrogen-bond acceptors (Lipinski definition) is 5. The van der Waals surface area contributed by atoms with Gasteiger partial charge in [0, 0.05) is 30.1 Å². The quantitative estimate of drug-likeness (QED) is 0.744. The molecule has 0 spiro atoms. The van der Waals surface area contributed by atoms with Crippen LogP contribution in [0.15, 0.2) is 41.3 Å². The maximum Gasteiger partial charge on any atom is 0.241 e. The van der Waals surface area contributed by atoms with E-state index in [0.29, 0.717) is 30.9 Å². The lowest BCUT2D eigenvalue weighted by molar-refractivity contribution is -0.119. The van der Waals surface area contributed by atoms with Gasteiger partial charge in [-0.2, -0.15) is 0 Å². The van der Waals surface area contributed by atoms with E-state index in [-0.39, 0.29) is 16.7 Å². The van der Waals surface area contributed by atoms with Crippen molar-refractivity contribution in [3.63, 3.8) is 0 Å². The van der Waals surface area contributed by atoms with Crippen LogP contribution < -0.4 is 19.1 Å². The Labute approximate surface area is 188 Å². The zero-order valence-corrected chi connectivity index (χ0v) is 19.4. The highest BCUT2D eigenvalue weighted by atomic mass is 32.2. The van der Waals surface area contributed by atoms with Gasteiger partial charge in [-0.3, -0.25) is 4.79 Å². The molecule has 1 saturated carbocycles. The maximum absolute atomic E-state index is 13.3. The van der Waals surface area contributed by atoms with Gasteiger partial charge in [-0.25, -0.2) is 13.1 Å². The Morgan fingerprint density at radius 1 is 1.19 bits per heavy atom. The molecule has 0 unspecified atom stereocenters. The normalized spacial score (nSPS) is 21.5. The molecule has 2 heterocycles. The molecule has 32 heavy (non-hydrogen) atoms. The minimum absolute atomic E-state index is 0.139. The summed E-state index contributed by atoms with van der Waals surface area (Å²) < 4.78 is 41.0. The van der Waals surface area contributed by atoms with E-state index >= 15 is 0 Å². The first-order chi connectivity index (χ1) is 15.2.